The summed E-state index contributed by atoms with van der Waals surface area (Å²) in [6.45, 7) is 0.185. The lowest BCUT2D eigenvalue weighted by molar-refractivity contribution is -0.121. The Labute approximate surface area is 97.0 Å². The lowest BCUT2D eigenvalue weighted by Gasteiger charge is -2.26. The minimum atomic E-state index is -1.24. The third kappa shape index (κ3) is 2.29. The average molecular weight is 242 g/mol. The maximum absolute atomic E-state index is 13.6. The summed E-state index contributed by atoms with van der Waals surface area (Å²) in [5.41, 5.74) is 0.185. The third-order valence-corrected chi connectivity index (χ3v) is 2.99. The lowest BCUT2D eigenvalue weighted by Crippen LogP contribution is -2.26. The number of carbonyl (C=O) groups excluding carboxylic acids is 1. The van der Waals surface area contributed by atoms with Crippen LogP contribution in [0.2, 0.25) is 0 Å². The summed E-state index contributed by atoms with van der Waals surface area (Å²) in [5, 5.41) is 9.01. The zero-order valence-electron chi connectivity index (χ0n) is 9.03. The molecule has 0 radical (unpaired) electrons. The van der Waals surface area contributed by atoms with Gasteiger partial charge in [0.15, 0.2) is 11.6 Å². The van der Waals surface area contributed by atoms with Crippen molar-refractivity contribution >= 4 is 6.29 Å². The number of rotatable bonds is 2. The van der Waals surface area contributed by atoms with Crippen molar-refractivity contribution in [1.29, 1.82) is 0 Å². The average Bonchev–Trinajstić information content (AvgIpc) is 2.36. The number of phenols is 1. The second-order valence-corrected chi connectivity index (χ2v) is 4.08. The first-order valence-corrected chi connectivity index (χ1v) is 5.37. The predicted molar refractivity (Wildman–Crippen MR) is 55.8 cm³/mol. The molecule has 1 saturated heterocycles. The Kier molecular flexibility index (Phi) is 3.38. The molecule has 3 nitrogen and oxygen atoms in total. The molecular formula is C12H12F2O3. The first-order chi connectivity index (χ1) is 8.13. The van der Waals surface area contributed by atoms with Crippen molar-refractivity contribution in [1.82, 2.24) is 0 Å². The quantitative estimate of drug-likeness (QED) is 0.808. The fourth-order valence-corrected chi connectivity index (χ4v) is 1.99. The summed E-state index contributed by atoms with van der Waals surface area (Å²) in [4.78, 5) is 10.5. The number of hydrogen-bond donors (Lipinski definition) is 1. The molecule has 1 aromatic carbocycles. The molecule has 0 spiro atoms. The van der Waals surface area contributed by atoms with E-state index < -0.39 is 23.5 Å². The topological polar surface area (TPSA) is 46.5 Å². The Morgan fingerprint density at radius 1 is 1.29 bits per heavy atom. The molecule has 0 saturated carbocycles. The van der Waals surface area contributed by atoms with Crippen molar-refractivity contribution in [2.75, 3.05) is 6.61 Å². The summed E-state index contributed by atoms with van der Waals surface area (Å²) in [6.07, 6.45) is 1.32. The van der Waals surface area contributed by atoms with Crippen LogP contribution in [0.5, 0.6) is 5.75 Å². The molecule has 2 unspecified atom stereocenters. The van der Waals surface area contributed by atoms with Crippen molar-refractivity contribution in [2.24, 2.45) is 0 Å². The maximum Gasteiger partial charge on any atom is 0.200 e. The van der Waals surface area contributed by atoms with Gasteiger partial charge in [-0.25, -0.2) is 4.39 Å². The molecule has 0 bridgehead atoms. The first kappa shape index (κ1) is 12.0. The molecule has 1 N–H and O–H groups in total. The van der Waals surface area contributed by atoms with E-state index in [1.165, 1.54) is 6.07 Å². The summed E-state index contributed by atoms with van der Waals surface area (Å²) in [7, 11) is 0. The maximum atomic E-state index is 13.6. The highest BCUT2D eigenvalue weighted by molar-refractivity contribution is 5.56. The molecule has 1 aliphatic rings. The molecule has 0 aromatic heterocycles. The fraction of sp³-hybridized carbons (Fsp3) is 0.417. The van der Waals surface area contributed by atoms with Gasteiger partial charge in [0.25, 0.3) is 0 Å². The van der Waals surface area contributed by atoms with E-state index in [0.717, 1.165) is 6.07 Å². The van der Waals surface area contributed by atoms with E-state index in [4.69, 9.17) is 9.84 Å². The van der Waals surface area contributed by atoms with Crippen LogP contribution in [-0.2, 0) is 9.53 Å². The van der Waals surface area contributed by atoms with Crippen molar-refractivity contribution in [2.45, 2.75) is 24.9 Å². The van der Waals surface area contributed by atoms with E-state index in [-0.39, 0.29) is 18.1 Å². The number of aromatic hydroxyl groups is 1. The van der Waals surface area contributed by atoms with Gasteiger partial charge in [-0.1, -0.05) is 6.07 Å². The first-order valence-electron chi connectivity index (χ1n) is 5.37. The van der Waals surface area contributed by atoms with E-state index in [9.17, 15) is 13.6 Å². The van der Waals surface area contributed by atoms with E-state index in [0.29, 0.717) is 19.1 Å². The molecular weight excluding hydrogens is 230 g/mol. The Bertz CT molecular complexity index is 426. The monoisotopic (exact) mass is 242 g/mol. The van der Waals surface area contributed by atoms with Crippen molar-refractivity contribution < 1.29 is 23.4 Å². The molecule has 1 fully saturated rings. The molecule has 1 heterocycles. The van der Waals surface area contributed by atoms with Gasteiger partial charge in [0, 0.05) is 5.92 Å². The predicted octanol–water partition coefficient (Wildman–Crippen LogP) is 2.13. The molecule has 0 amide bonds. The van der Waals surface area contributed by atoms with E-state index in [2.05, 4.69) is 0 Å². The normalized spacial score (nSPS) is 24.6. The highest BCUT2D eigenvalue weighted by atomic mass is 19.2. The van der Waals surface area contributed by atoms with Crippen LogP contribution in [-0.4, -0.2) is 24.1 Å². The van der Waals surface area contributed by atoms with Gasteiger partial charge < -0.3 is 14.6 Å². The van der Waals surface area contributed by atoms with Gasteiger partial charge in [0.1, 0.15) is 12.4 Å². The third-order valence-electron chi connectivity index (χ3n) is 2.99. The van der Waals surface area contributed by atoms with Crippen LogP contribution in [0, 0.1) is 11.6 Å². The minimum Gasteiger partial charge on any atom is -0.505 e. The van der Waals surface area contributed by atoms with Gasteiger partial charge >= 0.3 is 0 Å². The van der Waals surface area contributed by atoms with Crippen LogP contribution in [0.25, 0.3) is 0 Å². The Hall–Kier alpha value is -1.49. The van der Waals surface area contributed by atoms with E-state index >= 15 is 0 Å². The standard InChI is InChI=1S/C12H12F2O3/c13-11-9(3-4-10(16)12(11)14)7-1-2-8(5-15)17-6-7/h3-5,7-8,16H,1-2,6H2. The van der Waals surface area contributed by atoms with Crippen LogP contribution < -0.4 is 0 Å². The lowest BCUT2D eigenvalue weighted by atomic mass is 9.91. The highest BCUT2D eigenvalue weighted by Crippen LogP contribution is 2.32. The van der Waals surface area contributed by atoms with Gasteiger partial charge in [-0.2, -0.15) is 4.39 Å². The second kappa shape index (κ2) is 4.79. The SMILES string of the molecule is O=CC1CCC(c2ccc(O)c(F)c2F)CO1. The molecule has 0 aliphatic carbocycles. The Morgan fingerprint density at radius 3 is 2.65 bits per heavy atom. The largest absolute Gasteiger partial charge is 0.505 e. The molecule has 1 aromatic rings. The molecule has 92 valence electrons. The van der Waals surface area contributed by atoms with Gasteiger partial charge in [-0.15, -0.1) is 0 Å². The van der Waals surface area contributed by atoms with Gasteiger partial charge in [0.05, 0.1) is 6.61 Å². The van der Waals surface area contributed by atoms with Gasteiger partial charge in [-0.05, 0) is 24.5 Å². The van der Waals surface area contributed by atoms with Crippen LogP contribution in [0.15, 0.2) is 12.1 Å². The summed E-state index contributed by atoms with van der Waals surface area (Å²) in [6, 6.07) is 2.47. The number of carbonyl (C=O) groups is 1. The van der Waals surface area contributed by atoms with Crippen LogP contribution >= 0.6 is 0 Å². The molecule has 1 aliphatic heterocycles. The van der Waals surface area contributed by atoms with Crippen LogP contribution in [0.3, 0.4) is 0 Å². The van der Waals surface area contributed by atoms with Gasteiger partial charge in [0.2, 0.25) is 5.82 Å². The highest BCUT2D eigenvalue weighted by Gasteiger charge is 2.26. The minimum absolute atomic E-state index is 0.185. The number of aldehydes is 1. The molecule has 2 rings (SSSR count). The number of benzene rings is 1. The van der Waals surface area contributed by atoms with Crippen LogP contribution in [0.1, 0.15) is 24.3 Å². The zero-order valence-corrected chi connectivity index (χ0v) is 9.03. The van der Waals surface area contributed by atoms with Crippen molar-refractivity contribution in [3.63, 3.8) is 0 Å². The van der Waals surface area contributed by atoms with E-state index in [1.54, 1.807) is 0 Å². The summed E-state index contributed by atoms with van der Waals surface area (Å²) in [5.74, 6) is -3.25. The van der Waals surface area contributed by atoms with Crippen molar-refractivity contribution in [3.8, 4) is 5.75 Å². The molecule has 5 heteroatoms. The number of ether oxygens (including phenoxy) is 1. The summed E-state index contributed by atoms with van der Waals surface area (Å²) >= 11 is 0. The number of hydrogen-bond acceptors (Lipinski definition) is 3. The Balaban J connectivity index is 2.19. The fourth-order valence-electron chi connectivity index (χ4n) is 1.99. The van der Waals surface area contributed by atoms with Crippen molar-refractivity contribution in [3.05, 3.63) is 29.3 Å². The van der Waals surface area contributed by atoms with E-state index in [1.807, 2.05) is 0 Å². The van der Waals surface area contributed by atoms with Crippen LogP contribution in [0.4, 0.5) is 8.78 Å². The summed E-state index contributed by atoms with van der Waals surface area (Å²) < 4.78 is 31.9. The number of phenolic OH excluding ortho intramolecular Hbond substituents is 1. The number of halogens is 2. The molecule has 17 heavy (non-hydrogen) atoms. The second-order valence-electron chi connectivity index (χ2n) is 4.08. The zero-order chi connectivity index (χ0) is 12.4. The smallest absolute Gasteiger partial charge is 0.200 e. The Morgan fingerprint density at radius 2 is 2.06 bits per heavy atom. The van der Waals surface area contributed by atoms with Gasteiger partial charge in [-0.3, -0.25) is 0 Å². The molecule has 2 atom stereocenters.